The molecule has 1 aromatic rings. The van der Waals surface area contributed by atoms with Crippen LogP contribution in [0.25, 0.3) is 0 Å². The Bertz CT molecular complexity index is 760. The van der Waals surface area contributed by atoms with Crippen molar-refractivity contribution in [3.8, 4) is 0 Å². The minimum Gasteiger partial charge on any atom is -0.456 e. The molecule has 1 aliphatic carbocycles. The zero-order valence-electron chi connectivity index (χ0n) is 14.2. The molecule has 0 aromatic heterocycles. The van der Waals surface area contributed by atoms with Crippen molar-refractivity contribution in [2.24, 2.45) is 11.8 Å². The minimum absolute atomic E-state index is 0.206. The molecule has 1 fully saturated rings. The van der Waals surface area contributed by atoms with Crippen LogP contribution in [0.4, 0.5) is 4.39 Å². The quantitative estimate of drug-likeness (QED) is 0.347. The highest BCUT2D eigenvalue weighted by molar-refractivity contribution is 6.08. The molecule has 1 aliphatic heterocycles. The number of rotatable bonds is 5. The molecule has 2 amide bonds. The Morgan fingerprint density at radius 1 is 1.12 bits per heavy atom. The van der Waals surface area contributed by atoms with Crippen LogP contribution in [0, 0.1) is 17.7 Å². The number of Topliss-reactive ketones (excluding diaryl/α,β-unsaturated/α-hetero) is 1. The second-order valence-electron chi connectivity index (χ2n) is 6.42. The lowest BCUT2D eigenvalue weighted by Gasteiger charge is -2.21. The summed E-state index contributed by atoms with van der Waals surface area (Å²) >= 11 is 0. The van der Waals surface area contributed by atoms with Crippen LogP contribution < -0.4 is 0 Å². The highest BCUT2D eigenvalue weighted by Crippen LogP contribution is 2.36. The van der Waals surface area contributed by atoms with E-state index in [2.05, 4.69) is 0 Å². The Morgan fingerprint density at radius 2 is 1.65 bits per heavy atom. The van der Waals surface area contributed by atoms with Gasteiger partial charge in [0.25, 0.3) is 0 Å². The van der Waals surface area contributed by atoms with Gasteiger partial charge in [0.1, 0.15) is 11.9 Å². The van der Waals surface area contributed by atoms with E-state index >= 15 is 0 Å². The fourth-order valence-corrected chi connectivity index (χ4v) is 3.29. The van der Waals surface area contributed by atoms with Crippen LogP contribution in [0.3, 0.4) is 0 Å². The fourth-order valence-electron chi connectivity index (χ4n) is 3.29. The van der Waals surface area contributed by atoms with E-state index < -0.39 is 42.1 Å². The summed E-state index contributed by atoms with van der Waals surface area (Å²) in [5, 5.41) is 0. The molecule has 1 saturated heterocycles. The first-order valence-electron chi connectivity index (χ1n) is 8.37. The van der Waals surface area contributed by atoms with Gasteiger partial charge in [-0.25, -0.2) is 9.18 Å². The van der Waals surface area contributed by atoms with Gasteiger partial charge in [-0.3, -0.25) is 19.3 Å². The van der Waals surface area contributed by atoms with Crippen molar-refractivity contribution < 1.29 is 28.3 Å². The van der Waals surface area contributed by atoms with Crippen molar-refractivity contribution in [2.45, 2.75) is 25.8 Å². The average molecular weight is 359 g/mol. The first-order valence-corrected chi connectivity index (χ1v) is 8.37. The van der Waals surface area contributed by atoms with Crippen LogP contribution in [0.5, 0.6) is 0 Å². The van der Waals surface area contributed by atoms with Crippen LogP contribution in [-0.4, -0.2) is 41.1 Å². The summed E-state index contributed by atoms with van der Waals surface area (Å²) in [5.74, 6) is -3.41. The zero-order chi connectivity index (χ0) is 18.8. The number of ether oxygens (including phenoxy) is 1. The third-order valence-corrected chi connectivity index (χ3v) is 4.78. The number of imide groups is 1. The number of hydrogen-bond acceptors (Lipinski definition) is 5. The Hall–Kier alpha value is -2.83. The van der Waals surface area contributed by atoms with Crippen LogP contribution in [0.1, 0.15) is 30.1 Å². The highest BCUT2D eigenvalue weighted by Gasteiger charge is 2.50. The molecule has 26 heavy (non-hydrogen) atoms. The number of carbonyl (C=O) groups excluding carboxylic acids is 4. The van der Waals surface area contributed by atoms with Gasteiger partial charge < -0.3 is 4.74 Å². The summed E-state index contributed by atoms with van der Waals surface area (Å²) in [5.41, 5.74) is 0.206. The van der Waals surface area contributed by atoms with E-state index in [4.69, 9.17) is 4.74 Å². The molecule has 0 spiro atoms. The molecule has 0 radical (unpaired) electrons. The van der Waals surface area contributed by atoms with Gasteiger partial charge >= 0.3 is 5.97 Å². The van der Waals surface area contributed by atoms with Crippen molar-refractivity contribution in [3.05, 3.63) is 47.8 Å². The second-order valence-corrected chi connectivity index (χ2v) is 6.42. The van der Waals surface area contributed by atoms with E-state index in [1.54, 1.807) is 0 Å². The molecular weight excluding hydrogens is 341 g/mol. The SMILES string of the molecule is C[C@@H](C(=O)OCC(=O)c1ccc(F)cc1)N1C(=O)[C@H]2CC=CC[C@@H]2C1=O. The van der Waals surface area contributed by atoms with Crippen LogP contribution in [0.2, 0.25) is 0 Å². The van der Waals surface area contributed by atoms with Crippen LogP contribution >= 0.6 is 0 Å². The molecule has 136 valence electrons. The number of ketones is 1. The lowest BCUT2D eigenvalue weighted by molar-refractivity contribution is -0.157. The van der Waals surface area contributed by atoms with E-state index in [-0.39, 0.29) is 17.4 Å². The van der Waals surface area contributed by atoms with Crippen molar-refractivity contribution in [1.29, 1.82) is 0 Å². The largest absolute Gasteiger partial charge is 0.456 e. The number of nitrogens with zero attached hydrogens (tertiary/aromatic N) is 1. The summed E-state index contributed by atoms with van der Waals surface area (Å²) in [6.45, 7) is 0.866. The molecule has 6 nitrogen and oxygen atoms in total. The predicted octanol–water partition coefficient (Wildman–Crippen LogP) is 1.89. The topological polar surface area (TPSA) is 80.8 Å². The van der Waals surface area contributed by atoms with E-state index in [9.17, 15) is 23.6 Å². The van der Waals surface area contributed by atoms with Gasteiger partial charge in [0.2, 0.25) is 11.8 Å². The van der Waals surface area contributed by atoms with Gasteiger partial charge in [-0.05, 0) is 44.0 Å². The van der Waals surface area contributed by atoms with Crippen molar-refractivity contribution in [3.63, 3.8) is 0 Å². The van der Waals surface area contributed by atoms with Crippen LogP contribution in [0.15, 0.2) is 36.4 Å². The Labute approximate surface area is 149 Å². The molecular formula is C19H18FNO5. The molecule has 3 atom stereocenters. The molecule has 0 bridgehead atoms. The zero-order valence-corrected chi connectivity index (χ0v) is 14.2. The molecule has 1 heterocycles. The van der Waals surface area contributed by atoms with Gasteiger partial charge in [-0.1, -0.05) is 12.2 Å². The number of fused-ring (bicyclic) bond motifs is 1. The fraction of sp³-hybridized carbons (Fsp3) is 0.368. The van der Waals surface area contributed by atoms with Crippen molar-refractivity contribution in [1.82, 2.24) is 4.90 Å². The van der Waals surface area contributed by atoms with Gasteiger partial charge in [0.15, 0.2) is 12.4 Å². The van der Waals surface area contributed by atoms with E-state index in [1.807, 2.05) is 12.2 Å². The molecule has 0 saturated carbocycles. The maximum Gasteiger partial charge on any atom is 0.329 e. The molecule has 1 aromatic carbocycles. The van der Waals surface area contributed by atoms with Gasteiger partial charge in [-0.2, -0.15) is 0 Å². The maximum absolute atomic E-state index is 12.9. The summed E-state index contributed by atoms with van der Waals surface area (Å²) in [7, 11) is 0. The summed E-state index contributed by atoms with van der Waals surface area (Å²) in [6.07, 6.45) is 4.69. The second kappa shape index (κ2) is 7.19. The number of allylic oxidation sites excluding steroid dienone is 2. The highest BCUT2D eigenvalue weighted by atomic mass is 19.1. The number of likely N-dealkylation sites (tertiary alicyclic amines) is 1. The number of hydrogen-bond donors (Lipinski definition) is 0. The molecule has 3 rings (SSSR count). The normalized spacial score (nSPS) is 22.9. The molecule has 7 heteroatoms. The van der Waals surface area contributed by atoms with Crippen molar-refractivity contribution in [2.75, 3.05) is 6.61 Å². The smallest absolute Gasteiger partial charge is 0.329 e. The first kappa shape index (κ1) is 18.0. The maximum atomic E-state index is 12.9. The lowest BCUT2D eigenvalue weighted by atomic mass is 9.85. The minimum atomic E-state index is -1.10. The Balaban J connectivity index is 1.61. The molecule has 0 N–H and O–H groups in total. The standard InChI is InChI=1S/C19H18FNO5/c1-11(21-17(23)14-4-2-3-5-15(14)18(21)24)19(25)26-10-16(22)12-6-8-13(20)9-7-12/h2-3,6-9,11,14-15H,4-5,10H2,1H3/t11-,14-,15-/m0/s1. The predicted molar refractivity (Wildman–Crippen MR) is 88.4 cm³/mol. The van der Waals surface area contributed by atoms with Gasteiger partial charge in [0, 0.05) is 5.56 Å². The van der Waals surface area contributed by atoms with Crippen molar-refractivity contribution >= 4 is 23.6 Å². The Kier molecular flexibility index (Phi) is 4.97. The first-order chi connectivity index (χ1) is 12.4. The third-order valence-electron chi connectivity index (χ3n) is 4.78. The van der Waals surface area contributed by atoms with Gasteiger partial charge in [-0.15, -0.1) is 0 Å². The van der Waals surface area contributed by atoms with E-state index in [0.29, 0.717) is 12.8 Å². The number of halogens is 1. The average Bonchev–Trinajstić information content (AvgIpc) is 2.90. The Morgan fingerprint density at radius 3 is 2.19 bits per heavy atom. The van der Waals surface area contributed by atoms with E-state index in [1.165, 1.54) is 19.1 Å². The van der Waals surface area contributed by atoms with Crippen LogP contribution in [-0.2, 0) is 19.1 Å². The van der Waals surface area contributed by atoms with E-state index in [0.717, 1.165) is 17.0 Å². The number of amides is 2. The lowest BCUT2D eigenvalue weighted by Crippen LogP contribution is -2.44. The summed E-state index contributed by atoms with van der Waals surface area (Å²) < 4.78 is 17.8. The number of esters is 1. The molecule has 2 aliphatic rings. The summed E-state index contributed by atoms with van der Waals surface area (Å²) in [6, 6.07) is 3.76. The summed E-state index contributed by atoms with van der Waals surface area (Å²) in [4.78, 5) is 50.1. The molecule has 0 unspecified atom stereocenters. The number of carbonyl (C=O) groups is 4. The monoisotopic (exact) mass is 359 g/mol. The third kappa shape index (κ3) is 3.29. The van der Waals surface area contributed by atoms with Gasteiger partial charge in [0.05, 0.1) is 11.8 Å². The number of benzene rings is 1.